The van der Waals surface area contributed by atoms with Crippen molar-refractivity contribution >= 4 is 16.9 Å². The number of hydrogen-bond donors (Lipinski definition) is 1. The summed E-state index contributed by atoms with van der Waals surface area (Å²) >= 11 is 0. The van der Waals surface area contributed by atoms with Crippen LogP contribution in [0.3, 0.4) is 0 Å². The second-order valence-corrected chi connectivity index (χ2v) is 5.95. The minimum atomic E-state index is -1.12. The highest BCUT2D eigenvalue weighted by atomic mass is 19.1. The van der Waals surface area contributed by atoms with Gasteiger partial charge < -0.3 is 19.6 Å². The van der Waals surface area contributed by atoms with Gasteiger partial charge in [0.1, 0.15) is 17.0 Å². The number of benzene rings is 2. The Hall–Kier alpha value is -3.61. The molecule has 0 saturated carbocycles. The largest absolute Gasteiger partial charge is 0.465 e. The fourth-order valence-electron chi connectivity index (χ4n) is 3.29. The molecule has 2 heterocycles. The van der Waals surface area contributed by atoms with Gasteiger partial charge in [-0.2, -0.15) is 0 Å². The lowest BCUT2D eigenvalue weighted by atomic mass is 9.83. The second-order valence-electron chi connectivity index (χ2n) is 5.95. The minimum Gasteiger partial charge on any atom is -0.465 e. The van der Waals surface area contributed by atoms with Gasteiger partial charge in [0.15, 0.2) is 5.75 Å². The zero-order chi connectivity index (χ0) is 19.1. The van der Waals surface area contributed by atoms with Crippen LogP contribution in [0.2, 0.25) is 0 Å². The lowest BCUT2D eigenvalue weighted by molar-refractivity contribution is -0.136. The predicted molar refractivity (Wildman–Crippen MR) is 94.6 cm³/mol. The maximum Gasteiger partial charge on any atom is 0.344 e. The molecule has 1 unspecified atom stereocenters. The SMILES string of the molecule is COC(=O)C1=C(N)Oc2c(c(=O)oc3ccccc23)C1c1ccccc1F. The first-order valence-corrected chi connectivity index (χ1v) is 8.09. The first kappa shape index (κ1) is 16.8. The Bertz CT molecular complexity index is 1160. The molecule has 0 saturated heterocycles. The summed E-state index contributed by atoms with van der Waals surface area (Å²) in [6.45, 7) is 0. The molecule has 6 nitrogen and oxygen atoms in total. The second kappa shape index (κ2) is 6.28. The zero-order valence-corrected chi connectivity index (χ0v) is 14.2. The summed E-state index contributed by atoms with van der Waals surface area (Å²) in [6, 6.07) is 12.5. The third kappa shape index (κ3) is 2.55. The van der Waals surface area contributed by atoms with Gasteiger partial charge in [-0.25, -0.2) is 14.0 Å². The first-order valence-electron chi connectivity index (χ1n) is 8.09. The van der Waals surface area contributed by atoms with E-state index >= 15 is 0 Å². The zero-order valence-electron chi connectivity index (χ0n) is 14.2. The molecule has 0 amide bonds. The Morgan fingerprint density at radius 2 is 1.85 bits per heavy atom. The number of nitrogens with two attached hydrogens (primary N) is 1. The molecule has 136 valence electrons. The van der Waals surface area contributed by atoms with E-state index in [1.54, 1.807) is 30.3 Å². The molecule has 4 rings (SSSR count). The molecule has 2 aromatic carbocycles. The first-order chi connectivity index (χ1) is 13.0. The molecule has 27 heavy (non-hydrogen) atoms. The van der Waals surface area contributed by atoms with Crippen LogP contribution < -0.4 is 16.1 Å². The van der Waals surface area contributed by atoms with Crippen LogP contribution in [-0.2, 0) is 9.53 Å². The lowest BCUT2D eigenvalue weighted by Gasteiger charge is -2.27. The lowest BCUT2D eigenvalue weighted by Crippen LogP contribution is -2.31. The van der Waals surface area contributed by atoms with E-state index in [0.717, 1.165) is 0 Å². The van der Waals surface area contributed by atoms with Gasteiger partial charge in [0, 0.05) is 5.56 Å². The summed E-state index contributed by atoms with van der Waals surface area (Å²) in [5.74, 6) is -2.65. The van der Waals surface area contributed by atoms with E-state index in [9.17, 15) is 14.0 Å². The average Bonchev–Trinajstić information content (AvgIpc) is 2.67. The molecule has 0 fully saturated rings. The van der Waals surface area contributed by atoms with Crippen molar-refractivity contribution in [3.8, 4) is 5.75 Å². The number of carbonyl (C=O) groups is 1. The van der Waals surface area contributed by atoms with Crippen molar-refractivity contribution in [2.24, 2.45) is 5.73 Å². The molecule has 0 radical (unpaired) electrons. The van der Waals surface area contributed by atoms with E-state index in [0.29, 0.717) is 11.0 Å². The quantitative estimate of drug-likeness (QED) is 0.553. The van der Waals surface area contributed by atoms with Crippen molar-refractivity contribution in [1.82, 2.24) is 0 Å². The van der Waals surface area contributed by atoms with Crippen molar-refractivity contribution in [3.63, 3.8) is 0 Å². The Morgan fingerprint density at radius 1 is 1.15 bits per heavy atom. The maximum absolute atomic E-state index is 14.6. The predicted octanol–water partition coefficient (Wildman–Crippen LogP) is 2.80. The van der Waals surface area contributed by atoms with Gasteiger partial charge in [0.05, 0.1) is 24.0 Å². The van der Waals surface area contributed by atoms with E-state index in [1.807, 2.05) is 0 Å². The Kier molecular flexibility index (Phi) is 3.92. The average molecular weight is 367 g/mol. The molecule has 3 aromatic rings. The third-order valence-corrected chi connectivity index (χ3v) is 4.48. The number of esters is 1. The summed E-state index contributed by atoms with van der Waals surface area (Å²) in [7, 11) is 1.17. The Balaban J connectivity index is 2.11. The van der Waals surface area contributed by atoms with E-state index in [-0.39, 0.29) is 28.3 Å². The summed E-state index contributed by atoms with van der Waals surface area (Å²) in [5, 5.41) is 0.486. The topological polar surface area (TPSA) is 91.8 Å². The smallest absolute Gasteiger partial charge is 0.344 e. The van der Waals surface area contributed by atoms with Crippen molar-refractivity contribution in [2.45, 2.75) is 5.92 Å². The molecular weight excluding hydrogens is 353 g/mol. The van der Waals surface area contributed by atoms with Crippen LogP contribution in [0.25, 0.3) is 11.0 Å². The molecule has 0 spiro atoms. The highest BCUT2D eigenvalue weighted by molar-refractivity contribution is 5.94. The fraction of sp³-hybridized carbons (Fsp3) is 0.100. The molecule has 1 aromatic heterocycles. The van der Waals surface area contributed by atoms with E-state index < -0.39 is 23.3 Å². The summed E-state index contributed by atoms with van der Waals surface area (Å²) in [4.78, 5) is 25.1. The van der Waals surface area contributed by atoms with Gasteiger partial charge in [0.25, 0.3) is 0 Å². The van der Waals surface area contributed by atoms with Gasteiger partial charge in [-0.3, -0.25) is 0 Å². The standard InChI is InChI=1S/C20H14FNO5/c1-25-19(23)16-14(10-6-2-4-8-12(10)21)15-17(27-18(16)22)11-7-3-5-9-13(11)26-20(15)24/h2-9,14H,22H2,1H3. The molecular formula is C20H14FNO5. The van der Waals surface area contributed by atoms with Crippen LogP contribution in [0.5, 0.6) is 5.75 Å². The fourth-order valence-corrected chi connectivity index (χ4v) is 3.29. The van der Waals surface area contributed by atoms with Crippen LogP contribution >= 0.6 is 0 Å². The molecule has 1 aliphatic heterocycles. The number of para-hydroxylation sites is 1. The summed E-state index contributed by atoms with van der Waals surface area (Å²) in [6.07, 6.45) is 0. The van der Waals surface area contributed by atoms with Crippen molar-refractivity contribution in [2.75, 3.05) is 7.11 Å². The molecule has 1 atom stereocenters. The van der Waals surface area contributed by atoms with Crippen LogP contribution in [0, 0.1) is 5.82 Å². The van der Waals surface area contributed by atoms with Gasteiger partial charge >= 0.3 is 11.6 Å². The van der Waals surface area contributed by atoms with Crippen LogP contribution in [0.15, 0.2) is 69.2 Å². The number of fused-ring (bicyclic) bond motifs is 3. The van der Waals surface area contributed by atoms with Crippen molar-refractivity contribution in [1.29, 1.82) is 0 Å². The number of hydrogen-bond acceptors (Lipinski definition) is 6. The van der Waals surface area contributed by atoms with Crippen LogP contribution in [0.1, 0.15) is 17.0 Å². The van der Waals surface area contributed by atoms with E-state index in [2.05, 4.69) is 0 Å². The van der Waals surface area contributed by atoms with E-state index in [1.165, 1.54) is 25.3 Å². The monoisotopic (exact) mass is 367 g/mol. The van der Waals surface area contributed by atoms with Crippen molar-refractivity contribution in [3.05, 3.63) is 87.4 Å². The number of halogens is 1. The third-order valence-electron chi connectivity index (χ3n) is 4.48. The Morgan fingerprint density at radius 3 is 2.59 bits per heavy atom. The van der Waals surface area contributed by atoms with Gasteiger partial charge in [-0.1, -0.05) is 30.3 Å². The number of methoxy groups -OCH3 is 1. The Labute approximate surface area is 152 Å². The molecule has 0 bridgehead atoms. The maximum atomic E-state index is 14.6. The molecule has 2 N–H and O–H groups in total. The van der Waals surface area contributed by atoms with Crippen LogP contribution in [0.4, 0.5) is 4.39 Å². The van der Waals surface area contributed by atoms with Crippen molar-refractivity contribution < 1.29 is 23.1 Å². The van der Waals surface area contributed by atoms with Gasteiger partial charge in [-0.15, -0.1) is 0 Å². The minimum absolute atomic E-state index is 0.00611. The van der Waals surface area contributed by atoms with Gasteiger partial charge in [-0.05, 0) is 18.2 Å². The number of carbonyl (C=O) groups excluding carboxylic acids is 1. The molecule has 0 aliphatic carbocycles. The van der Waals surface area contributed by atoms with E-state index in [4.69, 9.17) is 19.6 Å². The van der Waals surface area contributed by atoms with Gasteiger partial charge in [0.2, 0.25) is 5.88 Å². The number of ether oxygens (including phenoxy) is 2. The van der Waals surface area contributed by atoms with Crippen LogP contribution in [-0.4, -0.2) is 13.1 Å². The number of rotatable bonds is 2. The molecule has 1 aliphatic rings. The highest BCUT2D eigenvalue weighted by Gasteiger charge is 2.40. The normalized spacial score (nSPS) is 16.0. The molecule has 7 heteroatoms. The highest BCUT2D eigenvalue weighted by Crippen LogP contribution is 2.44. The summed E-state index contributed by atoms with van der Waals surface area (Å²) < 4.78 is 30.4. The summed E-state index contributed by atoms with van der Waals surface area (Å²) in [5.41, 5.74) is 5.47.